The van der Waals surface area contributed by atoms with Crippen LogP contribution in [-0.4, -0.2) is 36.0 Å². The summed E-state index contributed by atoms with van der Waals surface area (Å²) in [7, 11) is 1.95. The maximum absolute atomic E-state index is 13.0. The van der Waals surface area contributed by atoms with E-state index in [2.05, 4.69) is 10.3 Å². The highest BCUT2D eigenvalue weighted by molar-refractivity contribution is 5.83. The van der Waals surface area contributed by atoms with E-state index < -0.39 is 0 Å². The van der Waals surface area contributed by atoms with Gasteiger partial charge in [-0.05, 0) is 62.0 Å². The van der Waals surface area contributed by atoms with Gasteiger partial charge in [0.1, 0.15) is 17.5 Å². The van der Waals surface area contributed by atoms with Crippen LogP contribution in [-0.2, 0) is 11.3 Å². The number of benzene rings is 2. The summed E-state index contributed by atoms with van der Waals surface area (Å²) in [6.45, 7) is 5.76. The minimum atomic E-state index is -0.340. The first-order valence-corrected chi connectivity index (χ1v) is 10.5. The molecule has 1 aromatic heterocycles. The molecule has 0 radical (unpaired) electrons. The predicted molar refractivity (Wildman–Crippen MR) is 121 cm³/mol. The standard InChI is InChI=1S/C25H29N3O3/c1-4-28(3)24(20-9-7-6-8-10-20)25(29)27-18-19-15-16-26-23(17-19)31-22-13-11-21(12-14-22)30-5-2/h6-17,24H,4-5,18H2,1-3H3,(H,27,29). The van der Waals surface area contributed by atoms with Crippen molar-refractivity contribution in [2.45, 2.75) is 26.4 Å². The van der Waals surface area contributed by atoms with Crippen LogP contribution in [0.1, 0.15) is 31.0 Å². The maximum Gasteiger partial charge on any atom is 0.242 e. The summed E-state index contributed by atoms with van der Waals surface area (Å²) in [5, 5.41) is 3.04. The fourth-order valence-electron chi connectivity index (χ4n) is 3.22. The predicted octanol–water partition coefficient (Wildman–Crippen LogP) is 4.58. The summed E-state index contributed by atoms with van der Waals surface area (Å²) < 4.78 is 11.3. The lowest BCUT2D eigenvalue weighted by atomic mass is 10.0. The fraction of sp³-hybridized carbons (Fsp3) is 0.280. The van der Waals surface area contributed by atoms with Gasteiger partial charge in [0.15, 0.2) is 0 Å². The van der Waals surface area contributed by atoms with Crippen molar-refractivity contribution in [1.29, 1.82) is 0 Å². The lowest BCUT2D eigenvalue weighted by Crippen LogP contribution is -2.38. The number of hydrogen-bond acceptors (Lipinski definition) is 5. The number of rotatable bonds is 10. The molecule has 0 saturated carbocycles. The van der Waals surface area contributed by atoms with Crippen molar-refractivity contribution in [3.05, 3.63) is 84.1 Å². The van der Waals surface area contributed by atoms with Crippen molar-refractivity contribution >= 4 is 5.91 Å². The second-order valence-corrected chi connectivity index (χ2v) is 7.11. The van der Waals surface area contributed by atoms with Crippen LogP contribution in [0.5, 0.6) is 17.4 Å². The number of hydrogen-bond donors (Lipinski definition) is 1. The summed E-state index contributed by atoms with van der Waals surface area (Å²) in [5.74, 6) is 1.90. The first-order chi connectivity index (χ1) is 15.1. The molecule has 162 valence electrons. The molecule has 1 N–H and O–H groups in total. The molecule has 0 spiro atoms. The van der Waals surface area contributed by atoms with Gasteiger partial charge < -0.3 is 14.8 Å². The topological polar surface area (TPSA) is 63.7 Å². The highest BCUT2D eigenvalue weighted by Crippen LogP contribution is 2.23. The summed E-state index contributed by atoms with van der Waals surface area (Å²) in [6, 6.07) is 20.6. The van der Waals surface area contributed by atoms with E-state index in [4.69, 9.17) is 9.47 Å². The number of nitrogens with one attached hydrogen (secondary N) is 1. The largest absolute Gasteiger partial charge is 0.494 e. The second-order valence-electron chi connectivity index (χ2n) is 7.11. The van der Waals surface area contributed by atoms with Gasteiger partial charge in [0.2, 0.25) is 11.8 Å². The third kappa shape index (κ3) is 6.30. The van der Waals surface area contributed by atoms with Crippen LogP contribution in [0, 0.1) is 0 Å². The zero-order valence-electron chi connectivity index (χ0n) is 18.2. The maximum atomic E-state index is 13.0. The molecule has 0 bridgehead atoms. The van der Waals surface area contributed by atoms with E-state index in [1.165, 1.54) is 0 Å². The van der Waals surface area contributed by atoms with Crippen molar-refractivity contribution < 1.29 is 14.3 Å². The first-order valence-electron chi connectivity index (χ1n) is 10.5. The Morgan fingerprint density at radius 1 is 1.03 bits per heavy atom. The molecule has 6 heteroatoms. The molecule has 1 amide bonds. The Morgan fingerprint density at radius 3 is 2.42 bits per heavy atom. The summed E-state index contributed by atoms with van der Waals surface area (Å²) >= 11 is 0. The normalized spacial score (nSPS) is 11.7. The van der Waals surface area contributed by atoms with Gasteiger partial charge in [-0.2, -0.15) is 0 Å². The Kier molecular flexibility index (Phi) is 8.01. The number of ether oxygens (including phenoxy) is 2. The monoisotopic (exact) mass is 419 g/mol. The van der Waals surface area contributed by atoms with E-state index in [0.29, 0.717) is 24.8 Å². The number of nitrogens with zero attached hydrogens (tertiary/aromatic N) is 2. The van der Waals surface area contributed by atoms with Crippen molar-refractivity contribution in [3.8, 4) is 17.4 Å². The van der Waals surface area contributed by atoms with Gasteiger partial charge in [0.25, 0.3) is 0 Å². The molecule has 0 aliphatic carbocycles. The lowest BCUT2D eigenvalue weighted by Gasteiger charge is -2.26. The minimum Gasteiger partial charge on any atom is -0.494 e. The molecule has 3 rings (SSSR count). The smallest absolute Gasteiger partial charge is 0.242 e. The molecular formula is C25H29N3O3. The highest BCUT2D eigenvalue weighted by Gasteiger charge is 2.23. The average Bonchev–Trinajstić information content (AvgIpc) is 2.80. The minimum absolute atomic E-state index is 0.0404. The molecule has 0 aliphatic heterocycles. The number of aromatic nitrogens is 1. The Bertz CT molecular complexity index is 961. The Balaban J connectivity index is 1.64. The van der Waals surface area contributed by atoms with E-state index in [9.17, 15) is 4.79 Å². The van der Waals surface area contributed by atoms with Crippen LogP contribution in [0.25, 0.3) is 0 Å². The van der Waals surface area contributed by atoms with Crippen molar-refractivity contribution in [3.63, 3.8) is 0 Å². The number of pyridine rings is 1. The van der Waals surface area contributed by atoms with Crippen LogP contribution in [0.15, 0.2) is 72.9 Å². The Morgan fingerprint density at radius 2 is 1.74 bits per heavy atom. The molecule has 0 saturated heterocycles. The quantitative estimate of drug-likeness (QED) is 0.521. The van der Waals surface area contributed by atoms with Gasteiger partial charge in [-0.25, -0.2) is 4.98 Å². The van der Waals surface area contributed by atoms with Crippen molar-refractivity contribution in [1.82, 2.24) is 15.2 Å². The first kappa shape index (κ1) is 22.3. The van der Waals surface area contributed by atoms with Crippen LogP contribution in [0.2, 0.25) is 0 Å². The highest BCUT2D eigenvalue weighted by atomic mass is 16.5. The number of likely N-dealkylation sites (N-methyl/N-ethyl adjacent to an activating group) is 1. The van der Waals surface area contributed by atoms with Gasteiger partial charge >= 0.3 is 0 Å². The fourth-order valence-corrected chi connectivity index (χ4v) is 3.22. The van der Waals surface area contributed by atoms with E-state index in [1.807, 2.05) is 92.5 Å². The summed E-state index contributed by atoms with van der Waals surface area (Å²) in [5.41, 5.74) is 1.88. The van der Waals surface area contributed by atoms with Crippen LogP contribution >= 0.6 is 0 Å². The SMILES string of the molecule is CCOc1ccc(Oc2cc(CNC(=O)C(c3ccccc3)N(C)CC)ccn2)cc1. The van der Waals surface area contributed by atoms with Gasteiger partial charge in [0.05, 0.1) is 6.61 Å². The van der Waals surface area contributed by atoms with Crippen molar-refractivity contribution in [2.75, 3.05) is 20.2 Å². The second kappa shape index (κ2) is 11.1. The summed E-state index contributed by atoms with van der Waals surface area (Å²) in [6.07, 6.45) is 1.68. The molecule has 0 fully saturated rings. The summed E-state index contributed by atoms with van der Waals surface area (Å²) in [4.78, 5) is 19.3. The molecule has 31 heavy (non-hydrogen) atoms. The third-order valence-electron chi connectivity index (χ3n) is 4.93. The van der Waals surface area contributed by atoms with Crippen molar-refractivity contribution in [2.24, 2.45) is 0 Å². The molecule has 6 nitrogen and oxygen atoms in total. The molecule has 0 aliphatic rings. The number of carbonyl (C=O) groups is 1. The molecule has 2 aromatic carbocycles. The van der Waals surface area contributed by atoms with E-state index in [-0.39, 0.29) is 11.9 Å². The molecule has 1 heterocycles. The molecular weight excluding hydrogens is 390 g/mol. The van der Waals surface area contributed by atoms with Crippen LogP contribution in [0.3, 0.4) is 0 Å². The Hall–Kier alpha value is -3.38. The van der Waals surface area contributed by atoms with Gasteiger partial charge in [-0.1, -0.05) is 37.3 Å². The third-order valence-corrected chi connectivity index (χ3v) is 4.93. The zero-order valence-corrected chi connectivity index (χ0v) is 18.2. The Labute approximate surface area is 183 Å². The van der Waals surface area contributed by atoms with Gasteiger partial charge in [0, 0.05) is 18.8 Å². The van der Waals surface area contributed by atoms with Gasteiger partial charge in [-0.3, -0.25) is 9.69 Å². The number of amides is 1. The zero-order chi connectivity index (χ0) is 22.1. The van der Waals surface area contributed by atoms with Crippen LogP contribution in [0.4, 0.5) is 0 Å². The number of carbonyl (C=O) groups excluding carboxylic acids is 1. The van der Waals surface area contributed by atoms with E-state index >= 15 is 0 Å². The molecule has 1 unspecified atom stereocenters. The lowest BCUT2D eigenvalue weighted by molar-refractivity contribution is -0.126. The molecule has 1 atom stereocenters. The van der Waals surface area contributed by atoms with Gasteiger partial charge in [-0.15, -0.1) is 0 Å². The average molecular weight is 420 g/mol. The molecule has 3 aromatic rings. The van der Waals surface area contributed by atoms with Crippen LogP contribution < -0.4 is 14.8 Å². The van der Waals surface area contributed by atoms with E-state index in [0.717, 1.165) is 23.4 Å². The van der Waals surface area contributed by atoms with E-state index in [1.54, 1.807) is 6.20 Å².